The Bertz CT molecular complexity index is 970. The van der Waals surface area contributed by atoms with E-state index in [0.717, 1.165) is 5.56 Å². The lowest BCUT2D eigenvalue weighted by molar-refractivity contribution is 0.0956. The van der Waals surface area contributed by atoms with Crippen LogP contribution in [0.4, 0.5) is 5.69 Å². The van der Waals surface area contributed by atoms with Gasteiger partial charge in [-0.05, 0) is 42.0 Å². The number of benzene rings is 3. The highest BCUT2D eigenvalue weighted by atomic mass is 35.5. The summed E-state index contributed by atoms with van der Waals surface area (Å²) in [7, 11) is 0. The second kappa shape index (κ2) is 8.78. The van der Waals surface area contributed by atoms with E-state index in [1.807, 2.05) is 6.07 Å². The average Bonchev–Trinajstić information content (AvgIpc) is 2.70. The van der Waals surface area contributed by atoms with E-state index in [4.69, 9.17) is 11.6 Å². The summed E-state index contributed by atoms with van der Waals surface area (Å²) in [5, 5.41) is 7.33. The summed E-state index contributed by atoms with van der Waals surface area (Å²) in [6, 6.07) is 22.6. The maximum absolute atomic E-state index is 12.4. The van der Waals surface area contributed by atoms with Gasteiger partial charge in [-0.2, -0.15) is 5.10 Å². The fraction of sp³-hybridized carbons (Fsp3) is 0. The first-order valence-electron chi connectivity index (χ1n) is 8.18. The Balaban J connectivity index is 1.70. The molecule has 0 heterocycles. The van der Waals surface area contributed by atoms with Gasteiger partial charge >= 0.3 is 0 Å². The van der Waals surface area contributed by atoms with Gasteiger partial charge < -0.3 is 5.32 Å². The lowest BCUT2D eigenvalue weighted by atomic mass is 10.1. The van der Waals surface area contributed by atoms with E-state index in [9.17, 15) is 9.59 Å². The first kappa shape index (κ1) is 18.4. The second-order valence-electron chi connectivity index (χ2n) is 5.62. The fourth-order valence-electron chi connectivity index (χ4n) is 2.35. The van der Waals surface area contributed by atoms with Gasteiger partial charge in [0.1, 0.15) is 0 Å². The van der Waals surface area contributed by atoms with Crippen LogP contribution in [0.3, 0.4) is 0 Å². The van der Waals surface area contributed by atoms with Crippen LogP contribution < -0.4 is 10.7 Å². The van der Waals surface area contributed by atoms with Gasteiger partial charge in [-0.1, -0.05) is 54.1 Å². The molecule has 0 aliphatic carbocycles. The normalized spacial score (nSPS) is 10.6. The summed E-state index contributed by atoms with van der Waals surface area (Å²) in [5.41, 5.74) is 4.49. The summed E-state index contributed by atoms with van der Waals surface area (Å²) >= 11 is 5.83. The molecule has 2 amide bonds. The van der Waals surface area contributed by atoms with Crippen molar-refractivity contribution < 1.29 is 9.59 Å². The average molecular weight is 378 g/mol. The zero-order chi connectivity index (χ0) is 19.1. The van der Waals surface area contributed by atoms with Crippen molar-refractivity contribution in [2.75, 3.05) is 5.32 Å². The van der Waals surface area contributed by atoms with E-state index >= 15 is 0 Å². The molecule has 3 rings (SSSR count). The third-order valence-electron chi connectivity index (χ3n) is 3.71. The van der Waals surface area contributed by atoms with Crippen LogP contribution in [0.2, 0.25) is 5.02 Å². The molecule has 0 fully saturated rings. The Morgan fingerprint density at radius 1 is 0.815 bits per heavy atom. The Morgan fingerprint density at radius 3 is 2.22 bits per heavy atom. The molecule has 0 aliphatic rings. The smallest absolute Gasteiger partial charge is 0.273 e. The number of carbonyl (C=O) groups excluding carboxylic acids is 2. The van der Waals surface area contributed by atoms with E-state index in [1.54, 1.807) is 72.8 Å². The fourth-order valence-corrected chi connectivity index (χ4v) is 2.47. The minimum atomic E-state index is -0.427. The summed E-state index contributed by atoms with van der Waals surface area (Å²) in [4.78, 5) is 24.8. The number of nitrogens with zero attached hydrogens (tertiary/aromatic N) is 1. The van der Waals surface area contributed by atoms with Gasteiger partial charge in [0.2, 0.25) is 0 Å². The van der Waals surface area contributed by atoms with Gasteiger partial charge in [0.25, 0.3) is 11.8 Å². The van der Waals surface area contributed by atoms with E-state index in [2.05, 4.69) is 15.8 Å². The maximum Gasteiger partial charge on any atom is 0.273 e. The largest absolute Gasteiger partial charge is 0.321 e. The Hall–Kier alpha value is -3.44. The van der Waals surface area contributed by atoms with Crippen molar-refractivity contribution >= 4 is 35.3 Å². The van der Waals surface area contributed by atoms with Gasteiger partial charge in [0.15, 0.2) is 0 Å². The third-order valence-corrected chi connectivity index (χ3v) is 3.96. The molecule has 0 radical (unpaired) electrons. The number of amides is 2. The molecule has 2 N–H and O–H groups in total. The molecule has 5 nitrogen and oxygen atoms in total. The predicted molar refractivity (Wildman–Crippen MR) is 107 cm³/mol. The lowest BCUT2D eigenvalue weighted by Gasteiger charge is -2.10. The topological polar surface area (TPSA) is 70.6 Å². The molecule has 6 heteroatoms. The van der Waals surface area contributed by atoms with Crippen molar-refractivity contribution in [2.45, 2.75) is 0 Å². The van der Waals surface area contributed by atoms with Gasteiger partial charge in [-0.3, -0.25) is 9.59 Å². The molecule has 0 aromatic heterocycles. The number of hydrazone groups is 1. The van der Waals surface area contributed by atoms with Gasteiger partial charge in [0.05, 0.1) is 17.5 Å². The van der Waals surface area contributed by atoms with Crippen molar-refractivity contribution in [1.82, 2.24) is 5.43 Å². The van der Waals surface area contributed by atoms with E-state index in [1.165, 1.54) is 6.21 Å². The van der Waals surface area contributed by atoms with Crippen LogP contribution in [-0.2, 0) is 0 Å². The number of para-hydroxylation sites is 1. The van der Waals surface area contributed by atoms with Crippen LogP contribution in [0.25, 0.3) is 0 Å². The number of halogens is 1. The number of anilines is 1. The highest BCUT2D eigenvalue weighted by Crippen LogP contribution is 2.16. The van der Waals surface area contributed by atoms with Crippen LogP contribution in [0.5, 0.6) is 0 Å². The third kappa shape index (κ3) is 5.03. The van der Waals surface area contributed by atoms with Crippen LogP contribution >= 0.6 is 11.6 Å². The summed E-state index contributed by atoms with van der Waals surface area (Å²) in [6.45, 7) is 0. The van der Waals surface area contributed by atoms with E-state index in [-0.39, 0.29) is 5.91 Å². The van der Waals surface area contributed by atoms with Crippen LogP contribution in [0.1, 0.15) is 26.3 Å². The minimum Gasteiger partial charge on any atom is -0.321 e. The zero-order valence-electron chi connectivity index (χ0n) is 14.2. The molecular weight excluding hydrogens is 362 g/mol. The zero-order valence-corrected chi connectivity index (χ0v) is 15.0. The minimum absolute atomic E-state index is 0.291. The molecule has 134 valence electrons. The Morgan fingerprint density at radius 2 is 1.48 bits per heavy atom. The SMILES string of the molecule is O=C(Nc1ccccc1C(=O)N/N=C/c1ccc(Cl)cc1)c1ccccc1. The number of rotatable bonds is 5. The summed E-state index contributed by atoms with van der Waals surface area (Å²) in [6.07, 6.45) is 1.51. The van der Waals surface area contributed by atoms with Crippen LogP contribution in [0, 0.1) is 0 Å². The molecule has 27 heavy (non-hydrogen) atoms. The first-order chi connectivity index (χ1) is 13.1. The highest BCUT2D eigenvalue weighted by Gasteiger charge is 2.13. The molecule has 3 aromatic carbocycles. The molecule has 3 aromatic rings. The molecule has 0 bridgehead atoms. The quantitative estimate of drug-likeness (QED) is 0.512. The van der Waals surface area contributed by atoms with Crippen LogP contribution in [0.15, 0.2) is 84.0 Å². The molecular formula is C21H16ClN3O2. The molecule has 0 saturated carbocycles. The van der Waals surface area contributed by atoms with Gasteiger partial charge in [-0.25, -0.2) is 5.43 Å². The Labute approximate surface area is 161 Å². The molecule has 0 saturated heterocycles. The maximum atomic E-state index is 12.4. The highest BCUT2D eigenvalue weighted by molar-refractivity contribution is 6.30. The number of hydrogen-bond acceptors (Lipinski definition) is 3. The molecule has 0 spiro atoms. The Kier molecular flexibility index (Phi) is 5.97. The standard InChI is InChI=1S/C21H16ClN3O2/c22-17-12-10-15(11-13-17)14-23-25-21(27)18-8-4-5-9-19(18)24-20(26)16-6-2-1-3-7-16/h1-14H,(H,24,26)(H,25,27)/b23-14+. The van der Waals surface area contributed by atoms with E-state index in [0.29, 0.717) is 21.8 Å². The van der Waals surface area contributed by atoms with Crippen molar-refractivity contribution in [1.29, 1.82) is 0 Å². The van der Waals surface area contributed by atoms with E-state index < -0.39 is 5.91 Å². The van der Waals surface area contributed by atoms with Gasteiger partial charge in [-0.15, -0.1) is 0 Å². The number of nitrogens with one attached hydrogen (secondary N) is 2. The summed E-state index contributed by atoms with van der Waals surface area (Å²) in [5.74, 6) is -0.718. The number of hydrogen-bond donors (Lipinski definition) is 2. The van der Waals surface area contributed by atoms with Crippen LogP contribution in [-0.4, -0.2) is 18.0 Å². The second-order valence-corrected chi connectivity index (χ2v) is 6.05. The number of carbonyl (C=O) groups is 2. The summed E-state index contributed by atoms with van der Waals surface area (Å²) < 4.78 is 0. The molecule has 0 unspecified atom stereocenters. The monoisotopic (exact) mass is 377 g/mol. The van der Waals surface area contributed by atoms with Gasteiger partial charge in [0, 0.05) is 10.6 Å². The molecule has 0 atom stereocenters. The van der Waals surface area contributed by atoms with Crippen molar-refractivity contribution in [3.05, 3.63) is 101 Å². The predicted octanol–water partition coefficient (Wildman–Crippen LogP) is 4.36. The van der Waals surface area contributed by atoms with Crippen molar-refractivity contribution in [2.24, 2.45) is 5.10 Å². The lowest BCUT2D eigenvalue weighted by Crippen LogP contribution is -2.21. The van der Waals surface area contributed by atoms with Crippen molar-refractivity contribution in [3.8, 4) is 0 Å². The van der Waals surface area contributed by atoms with Crippen molar-refractivity contribution in [3.63, 3.8) is 0 Å². The molecule has 0 aliphatic heterocycles. The first-order valence-corrected chi connectivity index (χ1v) is 8.56.